The first kappa shape index (κ1) is 25.9. The first-order valence-corrected chi connectivity index (χ1v) is 13.8. The molecular formula is C27H46N2O6. The number of carbonyl (C=O) groups excluding carboxylic acids is 1. The van der Waals surface area contributed by atoms with Gasteiger partial charge in [-0.05, 0) is 93.3 Å². The number of amides is 1. The van der Waals surface area contributed by atoms with Gasteiger partial charge in [0.05, 0.1) is 12.2 Å². The summed E-state index contributed by atoms with van der Waals surface area (Å²) in [6.45, 7) is 6.42. The SMILES string of the molecule is CNC(=O)C1CCC2(N)[C@@H]3CCC4CC(O[C@@H]5O[C@@H](C)[C@H](O)[C@@H](O)[C@H]5O)CC[C@]4(C)[C@H]3CC[C@]12C. The predicted octanol–water partition coefficient (Wildman–Crippen LogP) is 1.69. The van der Waals surface area contributed by atoms with E-state index in [0.29, 0.717) is 17.8 Å². The van der Waals surface area contributed by atoms with Gasteiger partial charge in [-0.25, -0.2) is 0 Å². The van der Waals surface area contributed by atoms with Crippen LogP contribution in [0.15, 0.2) is 0 Å². The van der Waals surface area contributed by atoms with Gasteiger partial charge in [-0.2, -0.15) is 0 Å². The number of nitrogens with one attached hydrogen (secondary N) is 1. The van der Waals surface area contributed by atoms with Gasteiger partial charge in [0.1, 0.15) is 18.3 Å². The van der Waals surface area contributed by atoms with Gasteiger partial charge in [0.25, 0.3) is 0 Å². The first-order chi connectivity index (χ1) is 16.5. The highest BCUT2D eigenvalue weighted by Crippen LogP contribution is 2.68. The third kappa shape index (κ3) is 3.73. The number of rotatable bonds is 3. The summed E-state index contributed by atoms with van der Waals surface area (Å²) in [5, 5.41) is 33.4. The Kier molecular flexibility index (Phi) is 6.59. The molecule has 13 atom stereocenters. The fraction of sp³-hybridized carbons (Fsp3) is 0.963. The molecule has 6 N–H and O–H groups in total. The number of aliphatic hydroxyl groups is 3. The van der Waals surface area contributed by atoms with E-state index >= 15 is 0 Å². The summed E-state index contributed by atoms with van der Waals surface area (Å²) in [6.07, 6.45) is 3.78. The van der Waals surface area contributed by atoms with Gasteiger partial charge >= 0.3 is 0 Å². The van der Waals surface area contributed by atoms with Crippen molar-refractivity contribution >= 4 is 5.91 Å². The van der Waals surface area contributed by atoms with Crippen LogP contribution in [-0.4, -0.2) is 70.6 Å². The Balaban J connectivity index is 1.29. The molecule has 5 aliphatic rings. The van der Waals surface area contributed by atoms with Gasteiger partial charge in [0.15, 0.2) is 6.29 Å². The number of fused-ring (bicyclic) bond motifs is 5. The van der Waals surface area contributed by atoms with E-state index in [2.05, 4.69) is 19.2 Å². The van der Waals surface area contributed by atoms with Crippen LogP contribution in [0.25, 0.3) is 0 Å². The van der Waals surface area contributed by atoms with Crippen molar-refractivity contribution in [1.29, 1.82) is 0 Å². The normalized spacial score (nSPS) is 56.0. The number of hydrogen-bond donors (Lipinski definition) is 5. The number of nitrogens with two attached hydrogens (primary N) is 1. The summed E-state index contributed by atoms with van der Waals surface area (Å²) in [4.78, 5) is 12.7. The third-order valence-electron chi connectivity index (χ3n) is 11.7. The van der Waals surface area contributed by atoms with Crippen molar-refractivity contribution in [2.45, 2.75) is 121 Å². The highest BCUT2D eigenvalue weighted by atomic mass is 16.7. The Morgan fingerprint density at radius 2 is 1.71 bits per heavy atom. The van der Waals surface area contributed by atoms with Crippen LogP contribution < -0.4 is 11.1 Å². The molecule has 200 valence electrons. The first-order valence-electron chi connectivity index (χ1n) is 13.8. The van der Waals surface area contributed by atoms with Crippen LogP contribution in [-0.2, 0) is 14.3 Å². The fourth-order valence-corrected chi connectivity index (χ4v) is 9.32. The van der Waals surface area contributed by atoms with Crippen LogP contribution in [0.3, 0.4) is 0 Å². The van der Waals surface area contributed by atoms with Crippen molar-refractivity contribution in [3.05, 3.63) is 0 Å². The molecule has 8 nitrogen and oxygen atoms in total. The van der Waals surface area contributed by atoms with Crippen LogP contribution in [0.2, 0.25) is 0 Å². The average Bonchev–Trinajstić information content (AvgIpc) is 3.12. The van der Waals surface area contributed by atoms with Gasteiger partial charge in [0.2, 0.25) is 5.91 Å². The molecule has 0 aromatic heterocycles. The second kappa shape index (κ2) is 8.91. The Morgan fingerprint density at radius 1 is 0.971 bits per heavy atom. The summed E-state index contributed by atoms with van der Waals surface area (Å²) >= 11 is 0. The molecule has 0 bridgehead atoms. The molecule has 1 aliphatic heterocycles. The van der Waals surface area contributed by atoms with Crippen LogP contribution in [0.1, 0.15) is 78.6 Å². The second-order valence-corrected chi connectivity index (χ2v) is 12.9. The summed E-state index contributed by atoms with van der Waals surface area (Å²) in [6, 6.07) is 0. The minimum atomic E-state index is -1.27. The molecule has 4 unspecified atom stereocenters. The van der Waals surface area contributed by atoms with Gasteiger partial charge in [-0.1, -0.05) is 13.8 Å². The van der Waals surface area contributed by atoms with Crippen molar-refractivity contribution in [3.63, 3.8) is 0 Å². The molecule has 0 spiro atoms. The van der Waals surface area contributed by atoms with Crippen molar-refractivity contribution < 1.29 is 29.6 Å². The quantitative estimate of drug-likeness (QED) is 0.377. The van der Waals surface area contributed by atoms with Crippen molar-refractivity contribution in [1.82, 2.24) is 5.32 Å². The maximum Gasteiger partial charge on any atom is 0.223 e. The average molecular weight is 495 g/mol. The lowest BCUT2D eigenvalue weighted by Gasteiger charge is -2.64. The van der Waals surface area contributed by atoms with Gasteiger partial charge in [-0.3, -0.25) is 4.79 Å². The van der Waals surface area contributed by atoms with E-state index < -0.39 is 30.7 Å². The molecule has 0 aromatic carbocycles. The van der Waals surface area contributed by atoms with E-state index in [9.17, 15) is 20.1 Å². The summed E-state index contributed by atoms with van der Waals surface area (Å²) in [5.41, 5.74) is 7.08. The molecule has 1 heterocycles. The zero-order chi connectivity index (χ0) is 25.3. The van der Waals surface area contributed by atoms with Gasteiger partial charge in [-0.15, -0.1) is 0 Å². The van der Waals surface area contributed by atoms with E-state index in [0.717, 1.165) is 57.8 Å². The third-order valence-corrected chi connectivity index (χ3v) is 11.7. The molecule has 4 saturated carbocycles. The maximum atomic E-state index is 12.7. The molecule has 5 rings (SSSR count). The Bertz CT molecular complexity index is 827. The molecule has 35 heavy (non-hydrogen) atoms. The van der Waals surface area contributed by atoms with E-state index in [1.165, 1.54) is 0 Å². The number of aliphatic hydroxyl groups excluding tert-OH is 3. The zero-order valence-corrected chi connectivity index (χ0v) is 21.8. The van der Waals surface area contributed by atoms with Crippen molar-refractivity contribution in [3.8, 4) is 0 Å². The summed E-state index contributed by atoms with van der Waals surface area (Å²) in [5.74, 6) is 1.66. The van der Waals surface area contributed by atoms with Crippen LogP contribution in [0.4, 0.5) is 0 Å². The Hall–Kier alpha value is -0.770. The smallest absolute Gasteiger partial charge is 0.223 e. The Labute approximate surface area is 209 Å². The minimum Gasteiger partial charge on any atom is -0.388 e. The molecule has 1 amide bonds. The van der Waals surface area contributed by atoms with E-state index in [1.54, 1.807) is 14.0 Å². The predicted molar refractivity (Wildman–Crippen MR) is 130 cm³/mol. The molecule has 0 radical (unpaired) electrons. The minimum absolute atomic E-state index is 0.00583. The van der Waals surface area contributed by atoms with Crippen LogP contribution in [0, 0.1) is 34.5 Å². The molecule has 1 saturated heterocycles. The summed E-state index contributed by atoms with van der Waals surface area (Å²) < 4.78 is 11.9. The van der Waals surface area contributed by atoms with E-state index in [-0.39, 0.29) is 34.3 Å². The second-order valence-electron chi connectivity index (χ2n) is 12.9. The molecule has 8 heteroatoms. The molecular weight excluding hydrogens is 448 g/mol. The zero-order valence-electron chi connectivity index (χ0n) is 21.8. The van der Waals surface area contributed by atoms with Crippen molar-refractivity contribution in [2.24, 2.45) is 40.2 Å². The highest BCUT2D eigenvalue weighted by Gasteiger charge is 2.67. The Morgan fingerprint density at radius 3 is 2.43 bits per heavy atom. The largest absolute Gasteiger partial charge is 0.388 e. The van der Waals surface area contributed by atoms with Crippen molar-refractivity contribution in [2.75, 3.05) is 7.05 Å². The lowest BCUT2D eigenvalue weighted by Crippen LogP contribution is -2.67. The van der Waals surface area contributed by atoms with Crippen LogP contribution >= 0.6 is 0 Å². The molecule has 4 aliphatic carbocycles. The lowest BCUT2D eigenvalue weighted by molar-refractivity contribution is -0.309. The number of ether oxygens (including phenoxy) is 2. The van der Waals surface area contributed by atoms with Gasteiger partial charge in [0, 0.05) is 18.5 Å². The molecule has 5 fully saturated rings. The molecule has 0 aromatic rings. The lowest BCUT2D eigenvalue weighted by atomic mass is 9.42. The van der Waals surface area contributed by atoms with E-state index in [4.69, 9.17) is 15.2 Å². The standard InChI is InChI=1S/C27H46N2O6/c1-14-20(30)21(31)22(32)24(34-14)35-16-7-10-25(2)15(13-16)5-6-18-17(25)8-11-26(3)19(23(33)29-4)9-12-27(18,26)28/h14-22,24,30-32H,5-13,28H2,1-4H3,(H,29,33)/t14-,15?,16?,17-,18+,19?,20-,21+,22+,24-,25-,26+,27?/m0/s1. The summed E-state index contributed by atoms with van der Waals surface area (Å²) in [7, 11) is 1.74. The topological polar surface area (TPSA) is 134 Å². The number of carbonyl (C=O) groups is 1. The van der Waals surface area contributed by atoms with Crippen LogP contribution in [0.5, 0.6) is 0 Å². The highest BCUT2D eigenvalue weighted by molar-refractivity contribution is 5.80. The van der Waals surface area contributed by atoms with E-state index in [1.807, 2.05) is 0 Å². The maximum absolute atomic E-state index is 12.7. The fourth-order valence-electron chi connectivity index (χ4n) is 9.32. The monoisotopic (exact) mass is 494 g/mol. The van der Waals surface area contributed by atoms with Gasteiger partial charge < -0.3 is 35.8 Å². The number of hydrogen-bond acceptors (Lipinski definition) is 7.